The fourth-order valence-corrected chi connectivity index (χ4v) is 2.30. The van der Waals surface area contributed by atoms with Gasteiger partial charge >= 0.3 is 0 Å². The molecule has 0 radical (unpaired) electrons. The van der Waals surface area contributed by atoms with E-state index < -0.39 is 0 Å². The van der Waals surface area contributed by atoms with Gasteiger partial charge in [-0.2, -0.15) is 0 Å². The van der Waals surface area contributed by atoms with Gasteiger partial charge in [-0.1, -0.05) is 30.3 Å². The monoisotopic (exact) mass is 273 g/mol. The summed E-state index contributed by atoms with van der Waals surface area (Å²) in [6, 6.07) is 16.2. The van der Waals surface area contributed by atoms with Crippen molar-refractivity contribution in [2.45, 2.75) is 6.92 Å². The smallest absolute Gasteiger partial charge is 0.0885 e. The van der Waals surface area contributed by atoms with E-state index in [0.29, 0.717) is 0 Å². The molecule has 0 atom stereocenters. The van der Waals surface area contributed by atoms with E-state index in [0.717, 1.165) is 28.0 Å². The summed E-state index contributed by atoms with van der Waals surface area (Å²) in [5.41, 5.74) is 3.52. The first-order valence-corrected chi connectivity index (χ1v) is 6.76. The molecule has 21 heavy (non-hydrogen) atoms. The Hall–Kier alpha value is -2.81. The van der Waals surface area contributed by atoms with E-state index in [2.05, 4.69) is 39.9 Å². The summed E-state index contributed by atoms with van der Waals surface area (Å²) in [7, 11) is 0. The molecule has 3 rings (SSSR count). The number of pyridine rings is 1. The zero-order valence-corrected chi connectivity index (χ0v) is 11.8. The standard InChI is InChI=1S/C18H15N3/c1-3-20-16-9-8-14(11-18(16)19-2)17-10-13-6-4-5-7-15(13)12-21-17/h3-12H,2H2,1H3/b20-3-. The van der Waals surface area contributed by atoms with Crippen LogP contribution in [0.4, 0.5) is 11.4 Å². The maximum absolute atomic E-state index is 4.53. The predicted molar refractivity (Wildman–Crippen MR) is 90.2 cm³/mol. The molecule has 0 N–H and O–H groups in total. The number of rotatable bonds is 3. The van der Waals surface area contributed by atoms with Crippen LogP contribution in [-0.2, 0) is 0 Å². The fraction of sp³-hybridized carbons (Fsp3) is 0.0556. The number of benzene rings is 2. The molecule has 0 saturated heterocycles. The van der Waals surface area contributed by atoms with Gasteiger partial charge in [-0.05, 0) is 37.2 Å². The summed E-state index contributed by atoms with van der Waals surface area (Å²) < 4.78 is 0. The average Bonchev–Trinajstić information content (AvgIpc) is 2.55. The van der Waals surface area contributed by atoms with Crippen molar-refractivity contribution < 1.29 is 0 Å². The largest absolute Gasteiger partial charge is 0.262 e. The fourth-order valence-electron chi connectivity index (χ4n) is 2.30. The lowest BCUT2D eigenvalue weighted by Crippen LogP contribution is -1.84. The number of hydrogen-bond donors (Lipinski definition) is 0. The first-order chi connectivity index (χ1) is 10.3. The topological polar surface area (TPSA) is 37.6 Å². The van der Waals surface area contributed by atoms with Crippen molar-refractivity contribution in [1.82, 2.24) is 4.98 Å². The maximum Gasteiger partial charge on any atom is 0.0885 e. The summed E-state index contributed by atoms with van der Waals surface area (Å²) in [5.74, 6) is 0. The van der Waals surface area contributed by atoms with Crippen molar-refractivity contribution in [3.63, 3.8) is 0 Å². The third-order valence-electron chi connectivity index (χ3n) is 3.34. The molecule has 102 valence electrons. The normalized spacial score (nSPS) is 11.1. The highest BCUT2D eigenvalue weighted by Crippen LogP contribution is 2.32. The number of fused-ring (bicyclic) bond motifs is 1. The highest BCUT2D eigenvalue weighted by Gasteiger charge is 2.05. The van der Waals surface area contributed by atoms with E-state index in [1.54, 1.807) is 6.21 Å². The Kier molecular flexibility index (Phi) is 3.56. The second-order valence-electron chi connectivity index (χ2n) is 4.67. The number of aromatic nitrogens is 1. The van der Waals surface area contributed by atoms with Crippen LogP contribution in [0, 0.1) is 0 Å². The molecule has 0 fully saturated rings. The number of aliphatic imine (C=N–C) groups is 2. The second-order valence-corrected chi connectivity index (χ2v) is 4.67. The lowest BCUT2D eigenvalue weighted by atomic mass is 10.1. The number of hydrogen-bond acceptors (Lipinski definition) is 3. The number of nitrogens with zero attached hydrogens (tertiary/aromatic N) is 3. The molecular weight excluding hydrogens is 258 g/mol. The van der Waals surface area contributed by atoms with E-state index >= 15 is 0 Å². The molecule has 0 amide bonds. The summed E-state index contributed by atoms with van der Waals surface area (Å²) in [6.07, 6.45) is 3.64. The zero-order chi connectivity index (χ0) is 14.7. The predicted octanol–water partition coefficient (Wildman–Crippen LogP) is 4.96. The van der Waals surface area contributed by atoms with Crippen LogP contribution in [-0.4, -0.2) is 17.9 Å². The minimum Gasteiger partial charge on any atom is -0.262 e. The lowest BCUT2D eigenvalue weighted by molar-refractivity contribution is 1.35. The van der Waals surface area contributed by atoms with Crippen molar-refractivity contribution in [2.24, 2.45) is 9.98 Å². The van der Waals surface area contributed by atoms with Gasteiger partial charge < -0.3 is 0 Å². The Labute approximate surface area is 123 Å². The maximum atomic E-state index is 4.53. The van der Waals surface area contributed by atoms with Gasteiger partial charge in [-0.3, -0.25) is 15.0 Å². The Bertz CT molecular complexity index is 835. The van der Waals surface area contributed by atoms with Crippen LogP contribution in [0.5, 0.6) is 0 Å². The molecule has 1 heterocycles. The second kappa shape index (κ2) is 5.67. The van der Waals surface area contributed by atoms with Gasteiger partial charge in [0.15, 0.2) is 0 Å². The Balaban J connectivity index is 2.11. The molecule has 3 heteroatoms. The minimum atomic E-state index is 0.764. The summed E-state index contributed by atoms with van der Waals surface area (Å²) >= 11 is 0. The van der Waals surface area contributed by atoms with Crippen molar-refractivity contribution in [1.29, 1.82) is 0 Å². The first-order valence-electron chi connectivity index (χ1n) is 6.76. The average molecular weight is 273 g/mol. The molecule has 0 spiro atoms. The van der Waals surface area contributed by atoms with Gasteiger partial charge in [-0.15, -0.1) is 0 Å². The molecule has 0 aliphatic rings. The molecular formula is C18H15N3. The summed E-state index contributed by atoms with van der Waals surface area (Å²) in [5, 5.41) is 2.31. The van der Waals surface area contributed by atoms with E-state index in [1.165, 1.54) is 5.39 Å². The van der Waals surface area contributed by atoms with Crippen molar-refractivity contribution >= 4 is 35.1 Å². The van der Waals surface area contributed by atoms with Crippen molar-refractivity contribution in [3.05, 3.63) is 54.7 Å². The highest BCUT2D eigenvalue weighted by molar-refractivity contribution is 5.86. The van der Waals surface area contributed by atoms with Crippen LogP contribution in [0.1, 0.15) is 6.92 Å². The molecule has 0 unspecified atom stereocenters. The third kappa shape index (κ3) is 2.58. The molecule has 1 aromatic heterocycles. The molecule has 2 aromatic carbocycles. The molecule has 0 aliphatic carbocycles. The van der Waals surface area contributed by atoms with Gasteiger partial charge in [0.1, 0.15) is 0 Å². The molecule has 3 aromatic rings. The van der Waals surface area contributed by atoms with E-state index in [1.807, 2.05) is 43.5 Å². The SMILES string of the molecule is C=Nc1cc(-c2cc3ccccc3cn2)ccc1/N=C\C. The van der Waals surface area contributed by atoms with Crippen molar-refractivity contribution in [2.75, 3.05) is 0 Å². The van der Waals surface area contributed by atoms with Crippen LogP contribution >= 0.6 is 0 Å². The first kappa shape index (κ1) is 13.2. The van der Waals surface area contributed by atoms with Crippen LogP contribution < -0.4 is 0 Å². The van der Waals surface area contributed by atoms with E-state index in [9.17, 15) is 0 Å². The van der Waals surface area contributed by atoms with Crippen LogP contribution in [0.25, 0.3) is 22.0 Å². The molecule has 0 bridgehead atoms. The lowest BCUT2D eigenvalue weighted by Gasteiger charge is -2.06. The van der Waals surface area contributed by atoms with Gasteiger partial charge in [0, 0.05) is 23.4 Å². The molecule has 0 saturated carbocycles. The van der Waals surface area contributed by atoms with Gasteiger partial charge in [0.2, 0.25) is 0 Å². The Morgan fingerprint density at radius 2 is 1.81 bits per heavy atom. The van der Waals surface area contributed by atoms with Gasteiger partial charge in [0.25, 0.3) is 0 Å². The summed E-state index contributed by atoms with van der Waals surface area (Å²) in [4.78, 5) is 12.9. The quantitative estimate of drug-likeness (QED) is 0.622. The van der Waals surface area contributed by atoms with Gasteiger partial charge in [-0.25, -0.2) is 0 Å². The van der Waals surface area contributed by atoms with E-state index in [4.69, 9.17) is 0 Å². The molecule has 0 aliphatic heterocycles. The Morgan fingerprint density at radius 3 is 2.57 bits per heavy atom. The Morgan fingerprint density at radius 1 is 1.00 bits per heavy atom. The van der Waals surface area contributed by atoms with Crippen molar-refractivity contribution in [3.8, 4) is 11.3 Å². The van der Waals surface area contributed by atoms with E-state index in [-0.39, 0.29) is 0 Å². The van der Waals surface area contributed by atoms with Gasteiger partial charge in [0.05, 0.1) is 17.1 Å². The minimum absolute atomic E-state index is 0.764. The summed E-state index contributed by atoms with van der Waals surface area (Å²) in [6.45, 7) is 5.49. The van der Waals surface area contributed by atoms with Crippen LogP contribution in [0.15, 0.2) is 64.7 Å². The van der Waals surface area contributed by atoms with Crippen LogP contribution in [0.2, 0.25) is 0 Å². The van der Waals surface area contributed by atoms with Crippen LogP contribution in [0.3, 0.4) is 0 Å². The third-order valence-corrected chi connectivity index (χ3v) is 3.34. The molecule has 3 nitrogen and oxygen atoms in total. The zero-order valence-electron chi connectivity index (χ0n) is 11.8. The highest BCUT2D eigenvalue weighted by atomic mass is 14.8.